The van der Waals surface area contributed by atoms with Gasteiger partial charge in [0.1, 0.15) is 11.4 Å². The van der Waals surface area contributed by atoms with Crippen LogP contribution in [0.15, 0.2) is 47.4 Å². The smallest absolute Gasteiger partial charge is 0.337 e. The summed E-state index contributed by atoms with van der Waals surface area (Å²) in [5.41, 5.74) is 2.20. The lowest BCUT2D eigenvalue weighted by Crippen LogP contribution is -2.22. The second-order valence-corrected chi connectivity index (χ2v) is 6.31. The molecule has 0 atom stereocenters. The lowest BCUT2D eigenvalue weighted by Gasteiger charge is -2.09. The summed E-state index contributed by atoms with van der Waals surface area (Å²) < 4.78 is 7.06. The lowest BCUT2D eigenvalue weighted by atomic mass is 10.1. The average molecular weight is 378 g/mol. The van der Waals surface area contributed by atoms with Crippen LogP contribution in [0.5, 0.6) is 5.75 Å². The summed E-state index contributed by atoms with van der Waals surface area (Å²) in [6.45, 7) is 4.56. The third-order valence-corrected chi connectivity index (χ3v) is 4.35. The first-order chi connectivity index (χ1) is 13.5. The standard InChI is InChI=1S/C22H22N2O4/c1-3-13-28-19-8-6-5-7-15(19)9-11-18-17(4-2)21(25)24-14-16(22(26)27)10-12-20(24)23-18/h5-12,14H,3-4,13H2,1-2H3,(H,26,27). The Morgan fingerprint density at radius 1 is 1.18 bits per heavy atom. The molecule has 28 heavy (non-hydrogen) atoms. The number of ether oxygens (including phenoxy) is 1. The summed E-state index contributed by atoms with van der Waals surface area (Å²) in [6, 6.07) is 10.7. The van der Waals surface area contributed by atoms with Gasteiger partial charge in [0.25, 0.3) is 5.56 Å². The van der Waals surface area contributed by atoms with E-state index in [0.29, 0.717) is 29.9 Å². The quantitative estimate of drug-likeness (QED) is 0.674. The number of para-hydroxylation sites is 1. The van der Waals surface area contributed by atoms with E-state index in [-0.39, 0.29) is 11.1 Å². The van der Waals surface area contributed by atoms with Crippen molar-refractivity contribution in [2.45, 2.75) is 26.7 Å². The largest absolute Gasteiger partial charge is 0.493 e. The van der Waals surface area contributed by atoms with Gasteiger partial charge in [0.05, 0.1) is 17.9 Å². The molecule has 0 bridgehead atoms. The Kier molecular flexibility index (Phi) is 5.89. The molecule has 3 rings (SSSR count). The number of pyridine rings is 1. The molecule has 0 saturated heterocycles. The average Bonchev–Trinajstić information content (AvgIpc) is 2.71. The van der Waals surface area contributed by atoms with Gasteiger partial charge in [-0.15, -0.1) is 0 Å². The number of hydrogen-bond acceptors (Lipinski definition) is 4. The minimum absolute atomic E-state index is 0.0451. The third-order valence-electron chi connectivity index (χ3n) is 4.35. The first-order valence-corrected chi connectivity index (χ1v) is 9.23. The van der Waals surface area contributed by atoms with Gasteiger partial charge < -0.3 is 9.84 Å². The number of fused-ring (bicyclic) bond motifs is 1. The van der Waals surface area contributed by atoms with E-state index in [1.54, 1.807) is 12.1 Å². The number of carbonyl (C=O) groups is 1. The molecular weight excluding hydrogens is 356 g/mol. The zero-order valence-corrected chi connectivity index (χ0v) is 15.9. The van der Waals surface area contributed by atoms with E-state index in [1.165, 1.54) is 16.7 Å². The molecule has 0 spiro atoms. The van der Waals surface area contributed by atoms with Gasteiger partial charge in [-0.3, -0.25) is 9.20 Å². The number of benzene rings is 1. The number of rotatable bonds is 7. The second-order valence-electron chi connectivity index (χ2n) is 6.31. The SMILES string of the molecule is CCCOc1ccccc1C=Cc1nc2ccc(C(=O)O)cn2c(=O)c1CC. The van der Waals surface area contributed by atoms with E-state index < -0.39 is 5.97 Å². The fraction of sp³-hybridized carbons (Fsp3) is 0.227. The normalized spacial score (nSPS) is 11.2. The molecule has 2 heterocycles. The number of carboxylic acids is 1. The van der Waals surface area contributed by atoms with Crippen molar-refractivity contribution in [1.29, 1.82) is 0 Å². The molecule has 0 fully saturated rings. The van der Waals surface area contributed by atoms with Crippen LogP contribution in [0.4, 0.5) is 0 Å². The van der Waals surface area contributed by atoms with E-state index in [4.69, 9.17) is 9.84 Å². The van der Waals surface area contributed by atoms with Crippen LogP contribution < -0.4 is 10.3 Å². The van der Waals surface area contributed by atoms with E-state index in [0.717, 1.165) is 17.7 Å². The van der Waals surface area contributed by atoms with Crippen molar-refractivity contribution < 1.29 is 14.6 Å². The van der Waals surface area contributed by atoms with E-state index >= 15 is 0 Å². The van der Waals surface area contributed by atoms with Gasteiger partial charge in [0, 0.05) is 17.3 Å². The van der Waals surface area contributed by atoms with Crippen molar-refractivity contribution in [3.63, 3.8) is 0 Å². The maximum absolute atomic E-state index is 12.8. The van der Waals surface area contributed by atoms with Gasteiger partial charge in [0.15, 0.2) is 0 Å². The van der Waals surface area contributed by atoms with E-state index in [9.17, 15) is 9.59 Å². The number of hydrogen-bond donors (Lipinski definition) is 1. The summed E-state index contributed by atoms with van der Waals surface area (Å²) in [4.78, 5) is 28.6. The molecule has 6 nitrogen and oxygen atoms in total. The molecule has 0 saturated carbocycles. The molecule has 3 aromatic rings. The van der Waals surface area contributed by atoms with Gasteiger partial charge in [-0.25, -0.2) is 9.78 Å². The predicted molar refractivity (Wildman–Crippen MR) is 109 cm³/mol. The Morgan fingerprint density at radius 2 is 1.96 bits per heavy atom. The topological polar surface area (TPSA) is 80.9 Å². The van der Waals surface area contributed by atoms with Crippen LogP contribution in [0, 0.1) is 0 Å². The minimum atomic E-state index is -1.08. The number of aromatic nitrogens is 2. The van der Waals surface area contributed by atoms with Gasteiger partial charge >= 0.3 is 5.97 Å². The fourth-order valence-corrected chi connectivity index (χ4v) is 2.92. The van der Waals surface area contributed by atoms with Gasteiger partial charge in [0.2, 0.25) is 0 Å². The molecule has 1 aromatic carbocycles. The van der Waals surface area contributed by atoms with Crippen LogP contribution in [0.25, 0.3) is 17.8 Å². The van der Waals surface area contributed by atoms with Crippen molar-refractivity contribution in [1.82, 2.24) is 9.38 Å². The molecule has 0 aliphatic carbocycles. The Balaban J connectivity index is 2.06. The van der Waals surface area contributed by atoms with Gasteiger partial charge in [-0.05, 0) is 43.2 Å². The summed E-state index contributed by atoms with van der Waals surface area (Å²) >= 11 is 0. The van der Waals surface area contributed by atoms with Crippen LogP contribution in [-0.2, 0) is 6.42 Å². The fourth-order valence-electron chi connectivity index (χ4n) is 2.92. The molecular formula is C22H22N2O4. The van der Waals surface area contributed by atoms with Crippen molar-refractivity contribution in [2.75, 3.05) is 6.61 Å². The summed E-state index contributed by atoms with van der Waals surface area (Å²) in [7, 11) is 0. The third kappa shape index (κ3) is 3.96. The highest BCUT2D eigenvalue weighted by atomic mass is 16.5. The Hall–Kier alpha value is -3.41. The number of aromatic carboxylic acids is 1. The molecule has 0 unspecified atom stereocenters. The summed E-state index contributed by atoms with van der Waals surface area (Å²) in [5.74, 6) is -0.304. The molecule has 2 aromatic heterocycles. The predicted octanol–water partition coefficient (Wildman–Crippen LogP) is 3.91. The first kappa shape index (κ1) is 19.4. The van der Waals surface area contributed by atoms with E-state index in [2.05, 4.69) is 4.98 Å². The Bertz CT molecular complexity index is 1100. The first-order valence-electron chi connectivity index (χ1n) is 9.23. The maximum atomic E-state index is 12.8. The van der Waals surface area contributed by atoms with Crippen LogP contribution in [-0.4, -0.2) is 27.1 Å². The second kappa shape index (κ2) is 8.52. The maximum Gasteiger partial charge on any atom is 0.337 e. The Morgan fingerprint density at radius 3 is 2.68 bits per heavy atom. The van der Waals surface area contributed by atoms with Crippen molar-refractivity contribution in [3.8, 4) is 5.75 Å². The highest BCUT2D eigenvalue weighted by molar-refractivity contribution is 5.87. The highest BCUT2D eigenvalue weighted by Gasteiger charge is 2.12. The number of carboxylic acid groups (broad SMARTS) is 1. The molecule has 0 aliphatic rings. The molecule has 0 amide bonds. The van der Waals surface area contributed by atoms with Crippen LogP contribution in [0.2, 0.25) is 0 Å². The van der Waals surface area contributed by atoms with Crippen LogP contribution in [0.3, 0.4) is 0 Å². The van der Waals surface area contributed by atoms with Gasteiger partial charge in [-0.2, -0.15) is 0 Å². The number of nitrogens with zero attached hydrogens (tertiary/aromatic N) is 2. The zero-order valence-electron chi connectivity index (χ0n) is 15.9. The van der Waals surface area contributed by atoms with Crippen molar-refractivity contribution >= 4 is 23.8 Å². The summed E-state index contributed by atoms with van der Waals surface area (Å²) in [5, 5.41) is 9.16. The molecule has 0 aliphatic heterocycles. The molecule has 1 N–H and O–H groups in total. The molecule has 6 heteroatoms. The molecule has 0 radical (unpaired) electrons. The van der Waals surface area contributed by atoms with Crippen molar-refractivity contribution in [3.05, 3.63) is 75.3 Å². The summed E-state index contributed by atoms with van der Waals surface area (Å²) in [6.07, 6.45) is 6.40. The van der Waals surface area contributed by atoms with Gasteiger partial charge in [-0.1, -0.05) is 32.0 Å². The van der Waals surface area contributed by atoms with Crippen molar-refractivity contribution in [2.24, 2.45) is 0 Å². The monoisotopic (exact) mass is 378 g/mol. The van der Waals surface area contributed by atoms with Crippen LogP contribution >= 0.6 is 0 Å². The highest BCUT2D eigenvalue weighted by Crippen LogP contribution is 2.21. The minimum Gasteiger partial charge on any atom is -0.493 e. The van der Waals surface area contributed by atoms with Crippen LogP contribution in [0.1, 0.15) is 47.4 Å². The lowest BCUT2D eigenvalue weighted by molar-refractivity contribution is 0.0696. The zero-order chi connectivity index (χ0) is 20.1. The Labute approximate surface area is 162 Å². The molecule has 144 valence electrons. The van der Waals surface area contributed by atoms with E-state index in [1.807, 2.05) is 44.2 Å².